The van der Waals surface area contributed by atoms with Crippen molar-refractivity contribution < 1.29 is 19.4 Å². The van der Waals surface area contributed by atoms with Crippen molar-refractivity contribution in [2.45, 2.75) is 11.1 Å². The minimum atomic E-state index is -1.14. The number of thioether (sulfide) groups is 1. The first kappa shape index (κ1) is 14.5. The number of nitrogens with zero attached hydrogens (tertiary/aromatic N) is 1. The molecule has 1 aromatic heterocycles. The molecule has 1 rings (SSSR count). The van der Waals surface area contributed by atoms with Gasteiger partial charge in [-0.25, -0.2) is 9.78 Å². The topological polar surface area (TPSA) is 88.5 Å². The minimum absolute atomic E-state index is 0.0874. The highest BCUT2D eigenvalue weighted by molar-refractivity contribution is 7.98. The lowest BCUT2D eigenvalue weighted by Gasteiger charge is -2.14. The predicted molar refractivity (Wildman–Crippen MR) is 66.8 cm³/mol. The molecule has 1 aromatic rings. The first-order valence-corrected chi connectivity index (χ1v) is 6.34. The fourth-order valence-electron chi connectivity index (χ4n) is 1.30. The largest absolute Gasteiger partial charge is 0.480 e. The molecule has 0 aliphatic rings. The van der Waals surface area contributed by atoms with Gasteiger partial charge in [-0.15, -0.1) is 11.8 Å². The molecule has 1 atom stereocenters. The van der Waals surface area contributed by atoms with Crippen LogP contribution in [-0.4, -0.2) is 48.0 Å². The van der Waals surface area contributed by atoms with Gasteiger partial charge >= 0.3 is 5.97 Å². The third-order valence-electron chi connectivity index (χ3n) is 2.15. The van der Waals surface area contributed by atoms with E-state index in [0.717, 1.165) is 0 Å². The second kappa shape index (κ2) is 6.97. The molecule has 6 nitrogen and oxygen atoms in total. The Morgan fingerprint density at radius 2 is 2.33 bits per heavy atom. The summed E-state index contributed by atoms with van der Waals surface area (Å²) in [6.07, 6.45) is 3.37. The second-order valence-electron chi connectivity index (χ2n) is 3.38. The number of carboxylic acid groups (broad SMARTS) is 1. The Balaban J connectivity index is 2.83. The number of amides is 1. The van der Waals surface area contributed by atoms with Gasteiger partial charge in [-0.05, 0) is 18.4 Å². The summed E-state index contributed by atoms with van der Waals surface area (Å²) in [5.41, 5.74) is 0.354. The van der Waals surface area contributed by atoms with Crippen molar-refractivity contribution in [3.63, 3.8) is 0 Å². The van der Waals surface area contributed by atoms with Crippen molar-refractivity contribution in [1.29, 1.82) is 0 Å². The molecule has 1 heterocycles. The number of carbonyl (C=O) groups is 2. The zero-order valence-corrected chi connectivity index (χ0v) is 10.9. The Morgan fingerprint density at radius 1 is 1.61 bits per heavy atom. The zero-order valence-electron chi connectivity index (χ0n) is 10.0. The van der Waals surface area contributed by atoms with Gasteiger partial charge in [0.05, 0.1) is 12.2 Å². The highest BCUT2D eigenvalue weighted by Gasteiger charge is 2.21. The van der Waals surface area contributed by atoms with Crippen molar-refractivity contribution in [1.82, 2.24) is 10.3 Å². The van der Waals surface area contributed by atoms with Crippen LogP contribution in [0.25, 0.3) is 0 Å². The van der Waals surface area contributed by atoms with Gasteiger partial charge in [0.25, 0.3) is 5.91 Å². The quantitative estimate of drug-likeness (QED) is 0.737. The predicted octanol–water partition coefficient (Wildman–Crippen LogP) is 0.633. The average molecular weight is 270 g/mol. The number of pyridine rings is 1. The van der Waals surface area contributed by atoms with Crippen molar-refractivity contribution in [3.05, 3.63) is 23.9 Å². The molecule has 18 heavy (non-hydrogen) atoms. The molecular formula is C11H14N2O4S. The van der Waals surface area contributed by atoms with Crippen molar-refractivity contribution in [3.8, 4) is 0 Å². The average Bonchev–Trinajstić information content (AvgIpc) is 2.37. The fourth-order valence-corrected chi connectivity index (χ4v) is 1.85. The van der Waals surface area contributed by atoms with E-state index in [1.807, 2.05) is 0 Å². The molecule has 7 heteroatoms. The number of aliphatic carboxylic acids is 1. The smallest absolute Gasteiger partial charge is 0.328 e. The molecule has 0 saturated heterocycles. The molecule has 0 aromatic carbocycles. The maximum Gasteiger partial charge on any atom is 0.328 e. The van der Waals surface area contributed by atoms with Gasteiger partial charge in [-0.3, -0.25) is 4.79 Å². The molecule has 0 saturated carbocycles. The first-order chi connectivity index (χ1) is 8.60. The van der Waals surface area contributed by atoms with Crippen LogP contribution in [0.2, 0.25) is 0 Å². The van der Waals surface area contributed by atoms with E-state index >= 15 is 0 Å². The first-order valence-electron chi connectivity index (χ1n) is 5.11. The van der Waals surface area contributed by atoms with E-state index in [1.54, 1.807) is 24.6 Å². The molecule has 0 spiro atoms. The third-order valence-corrected chi connectivity index (χ3v) is 2.86. The lowest BCUT2D eigenvalue weighted by molar-refractivity contribution is -0.140. The lowest BCUT2D eigenvalue weighted by atomic mass is 10.2. The van der Waals surface area contributed by atoms with Gasteiger partial charge < -0.3 is 15.2 Å². The molecular weight excluding hydrogens is 256 g/mol. The van der Waals surface area contributed by atoms with Crippen LogP contribution in [0, 0.1) is 0 Å². The van der Waals surface area contributed by atoms with E-state index in [-0.39, 0.29) is 6.61 Å². The van der Waals surface area contributed by atoms with Crippen LogP contribution in [-0.2, 0) is 9.53 Å². The van der Waals surface area contributed by atoms with Gasteiger partial charge in [0, 0.05) is 13.3 Å². The Bertz CT molecular complexity index is 439. The number of carboxylic acids is 1. The summed E-state index contributed by atoms with van der Waals surface area (Å²) in [4.78, 5) is 26.9. The van der Waals surface area contributed by atoms with Crippen LogP contribution in [0.3, 0.4) is 0 Å². The van der Waals surface area contributed by atoms with E-state index in [0.29, 0.717) is 10.6 Å². The van der Waals surface area contributed by atoms with Gasteiger partial charge in [-0.2, -0.15) is 0 Å². The maximum absolute atomic E-state index is 11.9. The van der Waals surface area contributed by atoms with Gasteiger partial charge in [0.1, 0.15) is 5.03 Å². The number of hydrogen-bond donors (Lipinski definition) is 2. The number of methoxy groups -OCH3 is 1. The zero-order chi connectivity index (χ0) is 13.5. The van der Waals surface area contributed by atoms with Gasteiger partial charge in [-0.1, -0.05) is 0 Å². The highest BCUT2D eigenvalue weighted by atomic mass is 32.2. The van der Waals surface area contributed by atoms with Crippen molar-refractivity contribution >= 4 is 23.6 Å². The number of hydrogen-bond acceptors (Lipinski definition) is 5. The summed E-state index contributed by atoms with van der Waals surface area (Å²) in [6.45, 7) is -0.0874. The third kappa shape index (κ3) is 3.71. The molecule has 0 bridgehead atoms. The Hall–Kier alpha value is -1.60. The molecule has 2 N–H and O–H groups in total. The molecule has 1 unspecified atom stereocenters. The standard InChI is InChI=1S/C11H14N2O4S/c1-17-6-8(11(15)16)13-9(14)7-4-3-5-12-10(7)18-2/h3-5,8H,6H2,1-2H3,(H,13,14)(H,15,16). The molecule has 0 aliphatic carbocycles. The second-order valence-corrected chi connectivity index (χ2v) is 4.17. The molecule has 0 fully saturated rings. The van der Waals surface area contributed by atoms with E-state index in [9.17, 15) is 9.59 Å². The van der Waals surface area contributed by atoms with E-state index in [4.69, 9.17) is 9.84 Å². The Kier molecular flexibility index (Phi) is 5.60. The summed E-state index contributed by atoms with van der Waals surface area (Å²) >= 11 is 1.32. The highest BCUT2D eigenvalue weighted by Crippen LogP contribution is 2.16. The van der Waals surface area contributed by atoms with Crippen LogP contribution in [0.5, 0.6) is 0 Å². The Labute approximate surface area is 109 Å². The van der Waals surface area contributed by atoms with Crippen molar-refractivity contribution in [2.75, 3.05) is 20.0 Å². The summed E-state index contributed by atoms with van der Waals surface area (Å²) in [6, 6.07) is 2.15. The number of nitrogens with one attached hydrogen (secondary N) is 1. The van der Waals surface area contributed by atoms with Crippen molar-refractivity contribution in [2.24, 2.45) is 0 Å². The maximum atomic E-state index is 11.9. The monoisotopic (exact) mass is 270 g/mol. The van der Waals surface area contributed by atoms with E-state index < -0.39 is 17.9 Å². The van der Waals surface area contributed by atoms with Crippen LogP contribution in [0.4, 0.5) is 0 Å². The molecule has 1 amide bonds. The molecule has 98 valence electrons. The van der Waals surface area contributed by atoms with Crippen LogP contribution in [0.15, 0.2) is 23.4 Å². The lowest BCUT2D eigenvalue weighted by Crippen LogP contribution is -2.44. The molecule has 0 aliphatic heterocycles. The van der Waals surface area contributed by atoms with Crippen LogP contribution in [0.1, 0.15) is 10.4 Å². The van der Waals surface area contributed by atoms with Gasteiger partial charge in [0.15, 0.2) is 6.04 Å². The van der Waals surface area contributed by atoms with Crippen LogP contribution >= 0.6 is 11.8 Å². The van der Waals surface area contributed by atoms with E-state index in [1.165, 1.54) is 18.9 Å². The SMILES string of the molecule is COCC(NC(=O)c1cccnc1SC)C(=O)O. The number of aromatic nitrogens is 1. The summed E-state index contributed by atoms with van der Waals surface area (Å²) < 4.78 is 4.74. The normalized spacial score (nSPS) is 11.9. The summed E-state index contributed by atoms with van der Waals surface area (Å²) in [5.74, 6) is -1.61. The Morgan fingerprint density at radius 3 is 2.89 bits per heavy atom. The summed E-state index contributed by atoms with van der Waals surface area (Å²) in [5, 5.41) is 11.9. The molecule has 0 radical (unpaired) electrons. The number of ether oxygens (including phenoxy) is 1. The van der Waals surface area contributed by atoms with Crippen LogP contribution < -0.4 is 5.32 Å². The minimum Gasteiger partial charge on any atom is -0.480 e. The summed E-state index contributed by atoms with van der Waals surface area (Å²) in [7, 11) is 1.37. The van der Waals surface area contributed by atoms with Gasteiger partial charge in [0.2, 0.25) is 0 Å². The fraction of sp³-hybridized carbons (Fsp3) is 0.364. The number of rotatable bonds is 6. The van der Waals surface area contributed by atoms with E-state index in [2.05, 4.69) is 10.3 Å². The number of carbonyl (C=O) groups excluding carboxylic acids is 1.